The number of carbonyl (C=O) groups is 1. The lowest BCUT2D eigenvalue weighted by Gasteiger charge is -2.46. The van der Waals surface area contributed by atoms with Crippen molar-refractivity contribution in [2.75, 3.05) is 13.7 Å². The van der Waals surface area contributed by atoms with Gasteiger partial charge in [0.1, 0.15) is 18.3 Å². The van der Waals surface area contributed by atoms with Gasteiger partial charge in [-0.25, -0.2) is 0 Å². The highest BCUT2D eigenvalue weighted by atomic mass is 16.8. The fourth-order valence-electron chi connectivity index (χ4n) is 2.86. The van der Waals surface area contributed by atoms with Crippen LogP contribution in [0.3, 0.4) is 0 Å². The normalized spacial score (nSPS) is 37.0. The fourth-order valence-corrected chi connectivity index (χ4v) is 2.86. The van der Waals surface area contributed by atoms with E-state index in [4.69, 9.17) is 23.7 Å². The number of fused-ring (bicyclic) bond motifs is 1. The number of aliphatic hydroxyl groups excluding tert-OH is 1. The van der Waals surface area contributed by atoms with Crippen LogP contribution in [-0.2, 0) is 28.5 Å². The Kier molecular flexibility index (Phi) is 4.93. The number of carbonyl (C=O) groups excluding carboxylic acids is 1. The first-order valence-electron chi connectivity index (χ1n) is 7.45. The third-order valence-electron chi connectivity index (χ3n) is 3.91. The number of rotatable bonds is 3. The van der Waals surface area contributed by atoms with E-state index in [1.807, 2.05) is 30.3 Å². The molecule has 0 spiro atoms. The van der Waals surface area contributed by atoms with Crippen molar-refractivity contribution in [3.05, 3.63) is 35.9 Å². The van der Waals surface area contributed by atoms with Crippen LogP contribution in [0.4, 0.5) is 0 Å². The highest BCUT2D eigenvalue weighted by Gasteiger charge is 2.51. The van der Waals surface area contributed by atoms with Gasteiger partial charge in [0.05, 0.1) is 6.61 Å². The minimum absolute atomic E-state index is 0.245. The highest BCUT2D eigenvalue weighted by Crippen LogP contribution is 2.35. The maximum absolute atomic E-state index is 11.4. The predicted molar refractivity (Wildman–Crippen MR) is 77.2 cm³/mol. The molecule has 2 fully saturated rings. The van der Waals surface area contributed by atoms with Crippen LogP contribution in [-0.4, -0.2) is 55.5 Å². The molecule has 0 aromatic heterocycles. The molecular formula is C16H20O7. The second-order valence-electron chi connectivity index (χ2n) is 5.52. The Bertz CT molecular complexity index is 534. The minimum Gasteiger partial charge on any atom is -0.457 e. The first kappa shape index (κ1) is 16.4. The zero-order chi connectivity index (χ0) is 16.4. The molecule has 1 aromatic rings. The van der Waals surface area contributed by atoms with Crippen molar-refractivity contribution >= 4 is 5.97 Å². The van der Waals surface area contributed by atoms with Gasteiger partial charge in [-0.2, -0.15) is 0 Å². The number of hydrogen-bond acceptors (Lipinski definition) is 7. The van der Waals surface area contributed by atoms with Gasteiger partial charge in [0.25, 0.3) is 0 Å². The summed E-state index contributed by atoms with van der Waals surface area (Å²) in [6, 6.07) is 9.41. The van der Waals surface area contributed by atoms with Crippen LogP contribution in [0, 0.1) is 0 Å². The first-order chi connectivity index (χ1) is 11.1. The Morgan fingerprint density at radius 1 is 1.26 bits per heavy atom. The van der Waals surface area contributed by atoms with Crippen LogP contribution in [0.1, 0.15) is 18.8 Å². The van der Waals surface area contributed by atoms with Crippen molar-refractivity contribution in [2.24, 2.45) is 0 Å². The van der Waals surface area contributed by atoms with Crippen molar-refractivity contribution in [1.29, 1.82) is 0 Å². The molecule has 1 unspecified atom stereocenters. The highest BCUT2D eigenvalue weighted by molar-refractivity contribution is 5.66. The molecule has 126 valence electrons. The molecule has 23 heavy (non-hydrogen) atoms. The van der Waals surface area contributed by atoms with E-state index in [1.54, 1.807) is 0 Å². The number of ether oxygens (including phenoxy) is 5. The molecule has 0 radical (unpaired) electrons. The zero-order valence-electron chi connectivity index (χ0n) is 13.0. The second-order valence-corrected chi connectivity index (χ2v) is 5.52. The van der Waals surface area contributed by atoms with Crippen LogP contribution in [0.15, 0.2) is 30.3 Å². The molecule has 7 heteroatoms. The second kappa shape index (κ2) is 6.94. The van der Waals surface area contributed by atoms with Crippen LogP contribution in [0.5, 0.6) is 0 Å². The van der Waals surface area contributed by atoms with E-state index in [1.165, 1.54) is 14.0 Å². The number of methoxy groups -OCH3 is 1. The summed E-state index contributed by atoms with van der Waals surface area (Å²) < 4.78 is 27.6. The van der Waals surface area contributed by atoms with E-state index in [0.717, 1.165) is 5.56 Å². The average molecular weight is 324 g/mol. The van der Waals surface area contributed by atoms with Gasteiger partial charge in [0.15, 0.2) is 18.7 Å². The summed E-state index contributed by atoms with van der Waals surface area (Å²) in [4.78, 5) is 11.4. The zero-order valence-corrected chi connectivity index (χ0v) is 13.0. The lowest BCUT2D eigenvalue weighted by molar-refractivity contribution is -0.358. The summed E-state index contributed by atoms with van der Waals surface area (Å²) in [7, 11) is 1.41. The molecule has 2 aliphatic rings. The van der Waals surface area contributed by atoms with E-state index < -0.39 is 43.0 Å². The molecule has 2 saturated heterocycles. The van der Waals surface area contributed by atoms with Crippen molar-refractivity contribution in [3.8, 4) is 0 Å². The topological polar surface area (TPSA) is 83.5 Å². The molecule has 2 heterocycles. The average Bonchev–Trinajstić information content (AvgIpc) is 2.57. The van der Waals surface area contributed by atoms with E-state index >= 15 is 0 Å². The number of esters is 1. The summed E-state index contributed by atoms with van der Waals surface area (Å²) in [5.74, 6) is -0.504. The van der Waals surface area contributed by atoms with E-state index in [9.17, 15) is 9.90 Å². The van der Waals surface area contributed by atoms with Gasteiger partial charge in [0, 0.05) is 19.6 Å². The molecule has 6 atom stereocenters. The molecule has 3 rings (SSSR count). The smallest absolute Gasteiger partial charge is 0.303 e. The molecule has 0 aliphatic carbocycles. The summed E-state index contributed by atoms with van der Waals surface area (Å²) in [5, 5.41) is 10.3. The quantitative estimate of drug-likeness (QED) is 0.822. The van der Waals surface area contributed by atoms with Crippen molar-refractivity contribution in [1.82, 2.24) is 0 Å². The SMILES string of the molecule is CO[C@H]1O[C@@H]2COC(c3ccccc3)O[C@H]2[C@H](OC(C)=O)[C@@H]1O. The van der Waals surface area contributed by atoms with Crippen molar-refractivity contribution < 1.29 is 33.6 Å². The van der Waals surface area contributed by atoms with Crippen LogP contribution >= 0.6 is 0 Å². The van der Waals surface area contributed by atoms with Gasteiger partial charge in [-0.15, -0.1) is 0 Å². The summed E-state index contributed by atoms with van der Waals surface area (Å²) in [5.41, 5.74) is 0.843. The van der Waals surface area contributed by atoms with Gasteiger partial charge < -0.3 is 28.8 Å². The van der Waals surface area contributed by atoms with Gasteiger partial charge in [-0.3, -0.25) is 4.79 Å². The van der Waals surface area contributed by atoms with Gasteiger partial charge in [-0.1, -0.05) is 30.3 Å². The predicted octanol–water partition coefficient (Wildman–Crippen LogP) is 0.764. The number of hydrogen-bond donors (Lipinski definition) is 1. The molecular weight excluding hydrogens is 304 g/mol. The van der Waals surface area contributed by atoms with E-state index in [0.29, 0.717) is 0 Å². The summed E-state index contributed by atoms with van der Waals surface area (Å²) in [6.07, 6.45) is -4.66. The Morgan fingerprint density at radius 2 is 2.00 bits per heavy atom. The molecule has 7 nitrogen and oxygen atoms in total. The van der Waals surface area contributed by atoms with Crippen molar-refractivity contribution in [3.63, 3.8) is 0 Å². The third-order valence-corrected chi connectivity index (χ3v) is 3.91. The fraction of sp³-hybridized carbons (Fsp3) is 0.562. The maximum Gasteiger partial charge on any atom is 0.303 e. The molecule has 2 aliphatic heterocycles. The lowest BCUT2D eigenvalue weighted by atomic mass is 9.97. The van der Waals surface area contributed by atoms with E-state index in [-0.39, 0.29) is 6.61 Å². The minimum atomic E-state index is -1.14. The number of aliphatic hydroxyl groups is 1. The lowest BCUT2D eigenvalue weighted by Crippen LogP contribution is -2.63. The Labute approximate surface area is 134 Å². The van der Waals surface area contributed by atoms with Gasteiger partial charge in [0.2, 0.25) is 0 Å². The third kappa shape index (κ3) is 3.39. The maximum atomic E-state index is 11.4. The molecule has 1 N–H and O–H groups in total. The molecule has 0 bridgehead atoms. The summed E-state index contributed by atoms with van der Waals surface area (Å²) in [6.45, 7) is 1.53. The largest absolute Gasteiger partial charge is 0.457 e. The number of benzene rings is 1. The Balaban J connectivity index is 1.80. The van der Waals surface area contributed by atoms with Gasteiger partial charge >= 0.3 is 5.97 Å². The standard InChI is InChI=1S/C16H20O7/c1-9(17)21-14-12(18)16(19-2)22-11-8-20-15(23-13(11)14)10-6-4-3-5-7-10/h3-7,11-16,18H,8H2,1-2H3/t11-,12+,13-,14-,15?,16+/m1/s1. The van der Waals surface area contributed by atoms with Crippen LogP contribution < -0.4 is 0 Å². The van der Waals surface area contributed by atoms with Gasteiger partial charge in [-0.05, 0) is 0 Å². The van der Waals surface area contributed by atoms with Crippen LogP contribution in [0.2, 0.25) is 0 Å². The van der Waals surface area contributed by atoms with Crippen molar-refractivity contribution in [2.45, 2.75) is 43.9 Å². The Morgan fingerprint density at radius 3 is 2.65 bits per heavy atom. The first-order valence-corrected chi connectivity index (χ1v) is 7.45. The van der Waals surface area contributed by atoms with E-state index in [2.05, 4.69) is 0 Å². The monoisotopic (exact) mass is 324 g/mol. The summed E-state index contributed by atoms with van der Waals surface area (Å²) >= 11 is 0. The molecule has 1 aromatic carbocycles. The molecule has 0 amide bonds. The molecule has 0 saturated carbocycles. The Hall–Kier alpha value is -1.51. The van der Waals surface area contributed by atoms with Crippen LogP contribution in [0.25, 0.3) is 0 Å².